The van der Waals surface area contributed by atoms with Gasteiger partial charge in [-0.25, -0.2) is 17.5 Å². The zero-order chi connectivity index (χ0) is 14.3. The Balaban J connectivity index is 2.84. The lowest BCUT2D eigenvalue weighted by atomic mass is 10.2. The van der Waals surface area contributed by atoms with Crippen molar-refractivity contribution in [2.24, 2.45) is 0 Å². The van der Waals surface area contributed by atoms with Gasteiger partial charge >= 0.3 is 0 Å². The number of thioether (sulfide) groups is 1. The molecule has 0 aliphatic rings. The standard InChI is InChI=1S/C12H19FN2O2S2/c1-14-9-10-4-5-11(13)12(8-10)19(16,17)15-6-3-7-18-2/h4-5,8,14-15H,3,6-7,9H2,1-2H3. The van der Waals surface area contributed by atoms with Crippen molar-refractivity contribution in [3.63, 3.8) is 0 Å². The van der Waals surface area contributed by atoms with Crippen LogP contribution in [0.25, 0.3) is 0 Å². The molecule has 7 heteroatoms. The van der Waals surface area contributed by atoms with E-state index in [1.807, 2.05) is 6.26 Å². The Morgan fingerprint density at radius 1 is 1.37 bits per heavy atom. The molecular formula is C12H19FN2O2S2. The van der Waals surface area contributed by atoms with Gasteiger partial charge in [0.1, 0.15) is 10.7 Å². The van der Waals surface area contributed by atoms with Gasteiger partial charge in [-0.2, -0.15) is 11.8 Å². The second-order valence-corrected chi connectivity index (χ2v) is 6.76. The molecule has 4 nitrogen and oxygen atoms in total. The molecular weight excluding hydrogens is 287 g/mol. The molecule has 0 aliphatic heterocycles. The highest BCUT2D eigenvalue weighted by Gasteiger charge is 2.18. The Bertz CT molecular complexity index is 506. The highest BCUT2D eigenvalue weighted by molar-refractivity contribution is 7.98. The zero-order valence-corrected chi connectivity index (χ0v) is 12.7. The molecule has 0 heterocycles. The van der Waals surface area contributed by atoms with E-state index in [9.17, 15) is 12.8 Å². The first kappa shape index (κ1) is 16.4. The molecule has 1 rings (SSSR count). The van der Waals surface area contributed by atoms with Crippen LogP contribution in [0.15, 0.2) is 23.1 Å². The van der Waals surface area contributed by atoms with E-state index in [1.54, 1.807) is 24.9 Å². The first-order valence-corrected chi connectivity index (χ1v) is 8.80. The molecule has 0 radical (unpaired) electrons. The third-order valence-corrected chi connectivity index (χ3v) is 4.66. The quantitative estimate of drug-likeness (QED) is 0.716. The van der Waals surface area contributed by atoms with Gasteiger partial charge < -0.3 is 5.32 Å². The van der Waals surface area contributed by atoms with Crippen LogP contribution in [0.3, 0.4) is 0 Å². The number of hydrogen-bond donors (Lipinski definition) is 2. The molecule has 19 heavy (non-hydrogen) atoms. The summed E-state index contributed by atoms with van der Waals surface area (Å²) in [7, 11) is -2.03. The van der Waals surface area contributed by atoms with E-state index in [1.165, 1.54) is 12.1 Å². The summed E-state index contributed by atoms with van der Waals surface area (Å²) in [4.78, 5) is -0.288. The fourth-order valence-corrected chi connectivity index (χ4v) is 3.20. The summed E-state index contributed by atoms with van der Waals surface area (Å²) < 4.78 is 40.0. The summed E-state index contributed by atoms with van der Waals surface area (Å²) in [5, 5.41) is 2.90. The Morgan fingerprint density at radius 3 is 2.74 bits per heavy atom. The summed E-state index contributed by atoms with van der Waals surface area (Å²) in [5.74, 6) is 0.141. The van der Waals surface area contributed by atoms with Crippen molar-refractivity contribution in [3.05, 3.63) is 29.6 Å². The van der Waals surface area contributed by atoms with Crippen molar-refractivity contribution in [1.29, 1.82) is 0 Å². The largest absolute Gasteiger partial charge is 0.316 e. The van der Waals surface area contributed by atoms with Crippen molar-refractivity contribution in [3.8, 4) is 0 Å². The second-order valence-electron chi connectivity index (χ2n) is 4.04. The summed E-state index contributed by atoms with van der Waals surface area (Å²) in [6.07, 6.45) is 2.67. The monoisotopic (exact) mass is 306 g/mol. The fourth-order valence-electron chi connectivity index (χ4n) is 1.57. The highest BCUT2D eigenvalue weighted by atomic mass is 32.2. The Hall–Kier alpha value is -0.630. The Labute approximate surface area is 118 Å². The SMILES string of the molecule is CNCc1ccc(F)c(S(=O)(=O)NCCCSC)c1. The van der Waals surface area contributed by atoms with Gasteiger partial charge in [-0.15, -0.1) is 0 Å². The van der Waals surface area contributed by atoms with E-state index < -0.39 is 15.8 Å². The first-order chi connectivity index (χ1) is 9.01. The van der Waals surface area contributed by atoms with Gasteiger partial charge in [0, 0.05) is 13.1 Å². The van der Waals surface area contributed by atoms with E-state index in [-0.39, 0.29) is 4.90 Å². The molecule has 1 aromatic rings. The van der Waals surface area contributed by atoms with E-state index in [0.29, 0.717) is 13.1 Å². The van der Waals surface area contributed by atoms with Gasteiger partial charge in [-0.1, -0.05) is 6.07 Å². The third kappa shape index (κ3) is 5.10. The molecule has 0 spiro atoms. The molecule has 2 N–H and O–H groups in total. The summed E-state index contributed by atoms with van der Waals surface area (Å²) in [6, 6.07) is 4.12. The molecule has 0 aliphatic carbocycles. The van der Waals surface area contributed by atoms with Crippen LogP contribution in [0.4, 0.5) is 4.39 Å². The lowest BCUT2D eigenvalue weighted by Gasteiger charge is -2.09. The maximum atomic E-state index is 13.6. The van der Waals surface area contributed by atoms with Crippen molar-refractivity contribution in [2.45, 2.75) is 17.9 Å². The minimum Gasteiger partial charge on any atom is -0.316 e. The van der Waals surface area contributed by atoms with Crippen LogP contribution in [0.1, 0.15) is 12.0 Å². The minimum atomic E-state index is -3.77. The lowest BCUT2D eigenvalue weighted by Crippen LogP contribution is -2.26. The first-order valence-electron chi connectivity index (χ1n) is 5.93. The van der Waals surface area contributed by atoms with Gasteiger partial charge in [-0.3, -0.25) is 0 Å². The van der Waals surface area contributed by atoms with Crippen molar-refractivity contribution < 1.29 is 12.8 Å². The van der Waals surface area contributed by atoms with Crippen LogP contribution in [-0.2, 0) is 16.6 Å². The van der Waals surface area contributed by atoms with E-state index in [4.69, 9.17) is 0 Å². The van der Waals surface area contributed by atoms with Crippen LogP contribution in [-0.4, -0.2) is 34.0 Å². The molecule has 1 aromatic carbocycles. The fraction of sp³-hybridized carbons (Fsp3) is 0.500. The molecule has 0 amide bonds. The number of hydrogen-bond acceptors (Lipinski definition) is 4. The summed E-state index contributed by atoms with van der Waals surface area (Å²) >= 11 is 1.64. The molecule has 0 aromatic heterocycles. The topological polar surface area (TPSA) is 58.2 Å². The zero-order valence-electron chi connectivity index (χ0n) is 11.1. The predicted molar refractivity (Wildman–Crippen MR) is 77.4 cm³/mol. The van der Waals surface area contributed by atoms with Crippen molar-refractivity contribution in [1.82, 2.24) is 10.0 Å². The maximum absolute atomic E-state index is 13.6. The van der Waals surface area contributed by atoms with Crippen molar-refractivity contribution in [2.75, 3.05) is 25.6 Å². The minimum absolute atomic E-state index is 0.288. The molecule has 0 saturated heterocycles. The molecule has 0 bridgehead atoms. The number of sulfonamides is 1. The van der Waals surface area contributed by atoms with Crippen LogP contribution >= 0.6 is 11.8 Å². The average Bonchev–Trinajstić information content (AvgIpc) is 2.37. The summed E-state index contributed by atoms with van der Waals surface area (Å²) in [5.41, 5.74) is 0.730. The van der Waals surface area contributed by atoms with E-state index in [2.05, 4.69) is 10.0 Å². The van der Waals surface area contributed by atoms with Gasteiger partial charge in [0.25, 0.3) is 0 Å². The number of halogens is 1. The summed E-state index contributed by atoms with van der Waals surface area (Å²) in [6.45, 7) is 0.814. The maximum Gasteiger partial charge on any atom is 0.243 e. The number of rotatable bonds is 8. The molecule has 0 fully saturated rings. The Morgan fingerprint density at radius 2 is 2.11 bits per heavy atom. The van der Waals surface area contributed by atoms with Gasteiger partial charge in [-0.05, 0) is 43.2 Å². The van der Waals surface area contributed by atoms with Crippen LogP contribution in [0.2, 0.25) is 0 Å². The number of nitrogens with one attached hydrogen (secondary N) is 2. The molecule has 0 atom stereocenters. The molecule has 0 saturated carbocycles. The number of benzene rings is 1. The van der Waals surface area contributed by atoms with Crippen LogP contribution in [0, 0.1) is 5.82 Å². The lowest BCUT2D eigenvalue weighted by molar-refractivity contribution is 0.555. The van der Waals surface area contributed by atoms with E-state index >= 15 is 0 Å². The molecule has 0 unspecified atom stereocenters. The van der Waals surface area contributed by atoms with E-state index in [0.717, 1.165) is 17.7 Å². The average molecular weight is 306 g/mol. The van der Waals surface area contributed by atoms with Crippen molar-refractivity contribution >= 4 is 21.8 Å². The van der Waals surface area contributed by atoms with Gasteiger partial charge in [0.05, 0.1) is 0 Å². The van der Waals surface area contributed by atoms with Crippen LogP contribution < -0.4 is 10.0 Å². The molecule has 108 valence electrons. The predicted octanol–water partition coefficient (Wildman–Crippen LogP) is 1.58. The normalized spacial score (nSPS) is 11.7. The van der Waals surface area contributed by atoms with Gasteiger partial charge in [0.15, 0.2) is 0 Å². The second kappa shape index (κ2) is 7.84. The smallest absolute Gasteiger partial charge is 0.243 e. The highest BCUT2D eigenvalue weighted by Crippen LogP contribution is 2.16. The third-order valence-electron chi connectivity index (χ3n) is 2.48. The van der Waals surface area contributed by atoms with Crippen LogP contribution in [0.5, 0.6) is 0 Å². The van der Waals surface area contributed by atoms with Gasteiger partial charge in [0.2, 0.25) is 10.0 Å². The Kier molecular flexibility index (Phi) is 6.78.